The molecule has 0 amide bonds. The molecule has 0 unspecified atom stereocenters. The van der Waals surface area contributed by atoms with E-state index in [1.54, 1.807) is 0 Å². The maximum absolute atomic E-state index is 9.56. The summed E-state index contributed by atoms with van der Waals surface area (Å²) < 4.78 is 0. The van der Waals surface area contributed by atoms with Crippen molar-refractivity contribution in [3.63, 3.8) is 0 Å². The van der Waals surface area contributed by atoms with Crippen LogP contribution in [-0.4, -0.2) is 46.2 Å². The van der Waals surface area contributed by atoms with Gasteiger partial charge in [0.15, 0.2) is 0 Å². The summed E-state index contributed by atoms with van der Waals surface area (Å²) in [6, 6.07) is -0.427. The minimum atomic E-state index is -0.827. The first-order chi connectivity index (χ1) is 6.20. The van der Waals surface area contributed by atoms with E-state index in [0.29, 0.717) is 0 Å². The Morgan fingerprint density at radius 2 is 1.77 bits per heavy atom. The first-order valence-electron chi connectivity index (χ1n) is 4.93. The van der Waals surface area contributed by atoms with E-state index < -0.39 is 12.2 Å². The maximum atomic E-state index is 9.56. The molecule has 1 heterocycles. The first-order valence-corrected chi connectivity index (χ1v) is 4.93. The highest BCUT2D eigenvalue weighted by molar-refractivity contribution is 4.97. The Kier molecular flexibility index (Phi) is 4.12. The molecule has 4 N–H and O–H groups in total. The molecule has 4 nitrogen and oxygen atoms in total. The number of rotatable bonds is 4. The SMILES string of the molecule is CCCC[C@@H]1N[C@@H](CO)[C@H](O)[C@@H]1O. The van der Waals surface area contributed by atoms with Crippen molar-refractivity contribution < 1.29 is 15.3 Å². The predicted molar refractivity (Wildman–Crippen MR) is 49.3 cm³/mol. The van der Waals surface area contributed by atoms with Crippen LogP contribution in [0.1, 0.15) is 26.2 Å². The van der Waals surface area contributed by atoms with Crippen LogP contribution in [0.4, 0.5) is 0 Å². The van der Waals surface area contributed by atoms with Crippen LogP contribution in [0.3, 0.4) is 0 Å². The lowest BCUT2D eigenvalue weighted by Gasteiger charge is -2.14. The summed E-state index contributed by atoms with van der Waals surface area (Å²) in [6.07, 6.45) is 1.39. The Bertz CT molecular complexity index is 154. The summed E-state index contributed by atoms with van der Waals surface area (Å²) in [5, 5.41) is 30.9. The molecule has 1 fully saturated rings. The van der Waals surface area contributed by atoms with Gasteiger partial charge in [0.1, 0.15) is 0 Å². The Balaban J connectivity index is 2.40. The van der Waals surface area contributed by atoms with Gasteiger partial charge in [0.05, 0.1) is 24.9 Å². The lowest BCUT2D eigenvalue weighted by Crippen LogP contribution is -2.36. The Hall–Kier alpha value is -0.160. The third-order valence-corrected chi connectivity index (χ3v) is 2.67. The Morgan fingerprint density at radius 3 is 2.23 bits per heavy atom. The standard InChI is InChI=1S/C9H19NO3/c1-2-3-4-6-8(12)9(13)7(5-11)10-6/h6-13H,2-5H2,1H3/t6-,7-,8+,9-/m0/s1. The minimum Gasteiger partial charge on any atom is -0.395 e. The maximum Gasteiger partial charge on any atom is 0.0989 e. The van der Waals surface area contributed by atoms with Crippen LogP contribution in [0.2, 0.25) is 0 Å². The molecule has 78 valence electrons. The second-order valence-electron chi connectivity index (χ2n) is 3.69. The van der Waals surface area contributed by atoms with Crippen LogP contribution in [0.5, 0.6) is 0 Å². The molecule has 4 atom stereocenters. The molecule has 0 aromatic rings. The summed E-state index contributed by atoms with van der Waals surface area (Å²) >= 11 is 0. The normalized spacial score (nSPS) is 39.7. The lowest BCUT2D eigenvalue weighted by molar-refractivity contribution is 0.0186. The molecular formula is C9H19NO3. The van der Waals surface area contributed by atoms with E-state index in [9.17, 15) is 10.2 Å². The van der Waals surface area contributed by atoms with Gasteiger partial charge >= 0.3 is 0 Å². The summed E-state index contributed by atoms with van der Waals surface area (Å²) in [5.74, 6) is 0. The average Bonchev–Trinajstić information content (AvgIpc) is 2.41. The fraction of sp³-hybridized carbons (Fsp3) is 1.00. The van der Waals surface area contributed by atoms with Crippen LogP contribution in [0.25, 0.3) is 0 Å². The van der Waals surface area contributed by atoms with Crippen LogP contribution >= 0.6 is 0 Å². The van der Waals surface area contributed by atoms with Gasteiger partial charge in [-0.05, 0) is 6.42 Å². The fourth-order valence-corrected chi connectivity index (χ4v) is 1.79. The number of aliphatic hydroxyl groups is 3. The van der Waals surface area contributed by atoms with E-state index in [0.717, 1.165) is 19.3 Å². The Morgan fingerprint density at radius 1 is 1.15 bits per heavy atom. The quantitative estimate of drug-likeness (QED) is 0.468. The van der Waals surface area contributed by atoms with Crippen LogP contribution in [0.15, 0.2) is 0 Å². The van der Waals surface area contributed by atoms with Crippen molar-refractivity contribution in [3.8, 4) is 0 Å². The number of hydrogen-bond acceptors (Lipinski definition) is 4. The Labute approximate surface area is 78.6 Å². The van der Waals surface area contributed by atoms with Crippen molar-refractivity contribution in [2.45, 2.75) is 50.5 Å². The molecule has 13 heavy (non-hydrogen) atoms. The summed E-state index contributed by atoms with van der Waals surface area (Å²) in [6.45, 7) is 1.96. The largest absolute Gasteiger partial charge is 0.395 e. The summed E-state index contributed by atoms with van der Waals surface area (Å²) in [4.78, 5) is 0. The number of aliphatic hydroxyl groups excluding tert-OH is 3. The van der Waals surface area contributed by atoms with Gasteiger partial charge in [-0.1, -0.05) is 19.8 Å². The highest BCUT2D eigenvalue weighted by atomic mass is 16.3. The number of nitrogens with one attached hydrogen (secondary N) is 1. The molecule has 0 radical (unpaired) electrons. The number of hydrogen-bond donors (Lipinski definition) is 4. The van der Waals surface area contributed by atoms with E-state index in [1.807, 2.05) is 0 Å². The smallest absolute Gasteiger partial charge is 0.0989 e. The second kappa shape index (κ2) is 4.91. The molecule has 1 aliphatic heterocycles. The van der Waals surface area contributed by atoms with Gasteiger partial charge in [-0.3, -0.25) is 0 Å². The van der Waals surface area contributed by atoms with Crippen molar-refractivity contribution in [2.75, 3.05) is 6.61 Å². The molecule has 4 heteroatoms. The molecule has 0 aromatic heterocycles. The predicted octanol–water partition coefficient (Wildman–Crippen LogP) is -0.769. The van der Waals surface area contributed by atoms with E-state index in [2.05, 4.69) is 12.2 Å². The van der Waals surface area contributed by atoms with E-state index in [4.69, 9.17) is 5.11 Å². The molecule has 0 saturated carbocycles. The van der Waals surface area contributed by atoms with Crippen molar-refractivity contribution in [1.29, 1.82) is 0 Å². The van der Waals surface area contributed by atoms with Gasteiger partial charge in [-0.25, -0.2) is 0 Å². The zero-order valence-electron chi connectivity index (χ0n) is 7.98. The zero-order chi connectivity index (χ0) is 9.84. The van der Waals surface area contributed by atoms with Crippen molar-refractivity contribution in [3.05, 3.63) is 0 Å². The molecular weight excluding hydrogens is 170 g/mol. The van der Waals surface area contributed by atoms with E-state index in [1.165, 1.54) is 0 Å². The van der Waals surface area contributed by atoms with Gasteiger partial charge in [-0.15, -0.1) is 0 Å². The summed E-state index contributed by atoms with van der Waals surface area (Å²) in [5.41, 5.74) is 0. The molecule has 0 aliphatic carbocycles. The topological polar surface area (TPSA) is 72.7 Å². The molecule has 1 saturated heterocycles. The van der Waals surface area contributed by atoms with Gasteiger partial charge in [0, 0.05) is 6.04 Å². The monoisotopic (exact) mass is 189 g/mol. The third kappa shape index (κ3) is 2.40. The summed E-state index contributed by atoms with van der Waals surface area (Å²) in [7, 11) is 0. The third-order valence-electron chi connectivity index (χ3n) is 2.67. The van der Waals surface area contributed by atoms with Gasteiger partial charge in [0.2, 0.25) is 0 Å². The minimum absolute atomic E-state index is 0.0629. The van der Waals surface area contributed by atoms with E-state index in [-0.39, 0.29) is 18.7 Å². The highest BCUT2D eigenvalue weighted by Gasteiger charge is 2.39. The molecule has 0 aromatic carbocycles. The number of unbranched alkanes of at least 4 members (excludes halogenated alkanes) is 1. The van der Waals surface area contributed by atoms with Crippen LogP contribution in [-0.2, 0) is 0 Å². The average molecular weight is 189 g/mol. The molecule has 1 rings (SSSR count). The first kappa shape index (κ1) is 10.9. The highest BCUT2D eigenvalue weighted by Crippen LogP contribution is 2.18. The fourth-order valence-electron chi connectivity index (χ4n) is 1.79. The van der Waals surface area contributed by atoms with Crippen LogP contribution < -0.4 is 5.32 Å². The van der Waals surface area contributed by atoms with Gasteiger partial charge in [-0.2, -0.15) is 0 Å². The molecule has 0 spiro atoms. The van der Waals surface area contributed by atoms with Crippen molar-refractivity contribution in [1.82, 2.24) is 5.32 Å². The second-order valence-corrected chi connectivity index (χ2v) is 3.69. The van der Waals surface area contributed by atoms with Gasteiger partial charge in [0.25, 0.3) is 0 Å². The van der Waals surface area contributed by atoms with Crippen molar-refractivity contribution >= 4 is 0 Å². The van der Waals surface area contributed by atoms with Crippen molar-refractivity contribution in [2.24, 2.45) is 0 Å². The lowest BCUT2D eigenvalue weighted by atomic mass is 10.0. The zero-order valence-corrected chi connectivity index (χ0v) is 7.98. The van der Waals surface area contributed by atoms with Crippen LogP contribution in [0, 0.1) is 0 Å². The van der Waals surface area contributed by atoms with Gasteiger partial charge < -0.3 is 20.6 Å². The van der Waals surface area contributed by atoms with E-state index >= 15 is 0 Å². The molecule has 1 aliphatic rings. The molecule has 0 bridgehead atoms.